The second-order valence-electron chi connectivity index (χ2n) is 9.72. The number of benzene rings is 2. The van der Waals surface area contributed by atoms with Gasteiger partial charge in [0.1, 0.15) is 0 Å². The van der Waals surface area contributed by atoms with Gasteiger partial charge in [0.05, 0.1) is 43.0 Å². The second-order valence-corrected chi connectivity index (χ2v) is 9.72. The number of fused-ring (bicyclic) bond motifs is 4. The molecule has 20 heteroatoms. The molecule has 0 radical (unpaired) electrons. The highest BCUT2D eigenvalue weighted by Gasteiger charge is 2.17. The van der Waals surface area contributed by atoms with E-state index in [4.69, 9.17) is 10.8 Å². The van der Waals surface area contributed by atoms with Gasteiger partial charge in [0, 0.05) is 41.5 Å². The van der Waals surface area contributed by atoms with E-state index in [-0.39, 0.29) is 40.5 Å². The molecule has 2 aromatic carbocycles. The van der Waals surface area contributed by atoms with Gasteiger partial charge in [0.15, 0.2) is 0 Å². The van der Waals surface area contributed by atoms with Crippen molar-refractivity contribution in [3.05, 3.63) is 92.0 Å². The van der Waals surface area contributed by atoms with Gasteiger partial charge in [-0.15, -0.1) is 0 Å². The fraction of sp³-hybridized carbons (Fsp3) is 0.143. The number of H-pyrrole nitrogens is 2. The lowest BCUT2D eigenvalue weighted by molar-refractivity contribution is 0.0587. The Morgan fingerprint density at radius 1 is 0.750 bits per heavy atom. The molecule has 0 bridgehead atoms. The second kappa shape index (κ2) is 13.3. The van der Waals surface area contributed by atoms with E-state index in [9.17, 15) is 19.2 Å². The van der Waals surface area contributed by atoms with Crippen molar-refractivity contribution in [3.8, 4) is 22.5 Å². The molecule has 6 heterocycles. The first-order chi connectivity index (χ1) is 22.8. The predicted octanol–water partition coefficient (Wildman–Crippen LogP) is 2.02. The Morgan fingerprint density at radius 3 is 1.67 bits per heavy atom. The van der Waals surface area contributed by atoms with Crippen molar-refractivity contribution < 1.29 is 19.4 Å². The van der Waals surface area contributed by atoms with Gasteiger partial charge in [-0.3, -0.25) is 24.6 Å². The summed E-state index contributed by atoms with van der Waals surface area (Å²) < 4.78 is 6.74. The molecule has 4 aromatic heterocycles. The first-order valence-corrected chi connectivity index (χ1v) is 13.6. The third-order valence-corrected chi connectivity index (χ3v) is 6.86. The fourth-order valence-electron chi connectivity index (χ4n) is 4.67. The van der Waals surface area contributed by atoms with Gasteiger partial charge < -0.3 is 21.7 Å². The van der Waals surface area contributed by atoms with Crippen LogP contribution in [0.25, 0.3) is 34.1 Å². The van der Waals surface area contributed by atoms with Crippen LogP contribution in [0.2, 0.25) is 0 Å². The Kier molecular flexibility index (Phi) is 9.02. The van der Waals surface area contributed by atoms with Gasteiger partial charge >= 0.3 is 5.97 Å². The number of hydrogen-bond acceptors (Lipinski definition) is 15. The number of aliphatic hydroxyl groups is 1. The third kappa shape index (κ3) is 6.05. The van der Waals surface area contributed by atoms with E-state index in [0.717, 1.165) is 49.8 Å². The van der Waals surface area contributed by atoms with Crippen molar-refractivity contribution in [2.45, 2.75) is 13.1 Å². The minimum absolute atomic E-state index is 0. The fourth-order valence-corrected chi connectivity index (χ4v) is 4.67. The molecular formula is C28H26N14O6. The maximum absolute atomic E-state index is 12.2. The predicted molar refractivity (Wildman–Crippen MR) is 168 cm³/mol. The molecule has 244 valence electrons. The Hall–Kier alpha value is -6.80. The number of esters is 1. The number of methoxy groups -OCH3 is 1. The smallest absolute Gasteiger partial charge is 0.375 e. The monoisotopic (exact) mass is 654 g/mol. The van der Waals surface area contributed by atoms with Crippen molar-refractivity contribution >= 4 is 34.8 Å². The van der Waals surface area contributed by atoms with E-state index in [1.807, 2.05) is 36.4 Å². The lowest BCUT2D eigenvalue weighted by atomic mass is 10.1. The first kappa shape index (κ1) is 32.6. The molecule has 0 saturated carbocycles. The van der Waals surface area contributed by atoms with E-state index in [1.54, 1.807) is 0 Å². The number of hydrogen-bond donors (Lipinski definition) is 5. The number of nitrogens with two attached hydrogens (primary N) is 1. The average molecular weight is 655 g/mol. The molecule has 20 nitrogen and oxygen atoms in total. The highest BCUT2D eigenvalue weighted by Crippen LogP contribution is 2.31. The van der Waals surface area contributed by atoms with Gasteiger partial charge in [-0.25, -0.2) is 14.8 Å². The molecule has 0 fully saturated rings. The van der Waals surface area contributed by atoms with Crippen LogP contribution < -0.4 is 23.0 Å². The highest BCUT2D eigenvalue weighted by molar-refractivity contribution is 5.89. The third-order valence-electron chi connectivity index (χ3n) is 6.86. The van der Waals surface area contributed by atoms with Crippen LogP contribution in [-0.2, 0) is 17.8 Å². The molecule has 8 rings (SSSR count). The summed E-state index contributed by atoms with van der Waals surface area (Å²) in [6, 6.07) is 13.8. The van der Waals surface area contributed by atoms with Crippen LogP contribution in [0.15, 0.2) is 78.6 Å². The maximum atomic E-state index is 12.2. The summed E-state index contributed by atoms with van der Waals surface area (Å²) in [5.74, 6) is -1.44. The van der Waals surface area contributed by atoms with Crippen LogP contribution >= 0.6 is 0 Å². The van der Waals surface area contributed by atoms with Crippen LogP contribution in [0.3, 0.4) is 0 Å². The van der Waals surface area contributed by atoms with Gasteiger partial charge in [0.25, 0.3) is 28.6 Å². The molecule has 0 aliphatic carbocycles. The largest absolute Gasteiger partial charge is 0.463 e. The molecule has 6 aromatic rings. The summed E-state index contributed by atoms with van der Waals surface area (Å²) in [4.78, 5) is 63.4. The summed E-state index contributed by atoms with van der Waals surface area (Å²) in [5.41, 5.74) is 10.4. The molecule has 1 amide bonds. The average Bonchev–Trinajstić information content (AvgIpc) is 3.90. The van der Waals surface area contributed by atoms with E-state index < -0.39 is 11.9 Å². The van der Waals surface area contributed by atoms with Gasteiger partial charge in [-0.2, -0.15) is 39.5 Å². The molecule has 48 heavy (non-hydrogen) atoms. The van der Waals surface area contributed by atoms with Crippen molar-refractivity contribution in [2.75, 3.05) is 14.2 Å². The standard InChI is InChI=1S/C14H10N6O3.C13H9N7O2.CH4O.H3N/c1-23-13(22)12-17-14-16-10(5-11(21)20(14)19-12)7-2-3-9-8(4-7)6-15-18-9;14-11(22)12-17-13-16-9(4-10(21)20(13)19-12)6-1-2-8-7(3-6)5-15-18-8;1-2;/h2-5H,6H2,1H3,(H,16,17,19);1-4H,5H2,(H2,14,22)(H,16,17,19);2H,1H3;1H3. The van der Waals surface area contributed by atoms with E-state index in [1.165, 1.54) is 19.2 Å². The molecule has 0 spiro atoms. The minimum Gasteiger partial charge on any atom is -0.463 e. The highest BCUT2D eigenvalue weighted by atomic mass is 16.5. The summed E-state index contributed by atoms with van der Waals surface area (Å²) in [5, 5.41) is 28.0. The number of aliphatic hydroxyl groups excluding tert-OH is 1. The Labute approximate surface area is 267 Å². The summed E-state index contributed by atoms with van der Waals surface area (Å²) >= 11 is 0. The number of primary amides is 1. The van der Waals surface area contributed by atoms with E-state index in [0.29, 0.717) is 24.5 Å². The van der Waals surface area contributed by atoms with Crippen molar-refractivity contribution in [3.63, 3.8) is 0 Å². The van der Waals surface area contributed by atoms with Gasteiger partial charge in [-0.05, 0) is 24.3 Å². The maximum Gasteiger partial charge on any atom is 0.375 e. The molecule has 8 N–H and O–H groups in total. The zero-order valence-electron chi connectivity index (χ0n) is 25.3. The molecule has 0 unspecified atom stereocenters. The number of carbonyl (C=O) groups excluding carboxylic acids is 2. The normalized spacial score (nSPS) is 12.0. The van der Waals surface area contributed by atoms with Crippen molar-refractivity contribution in [1.29, 1.82) is 0 Å². The Balaban J connectivity index is 0.000000175. The zero-order chi connectivity index (χ0) is 33.2. The minimum atomic E-state index is -0.757. The number of amides is 1. The summed E-state index contributed by atoms with van der Waals surface area (Å²) in [6.07, 6.45) is 0. The number of aromatic amines is 2. The zero-order valence-corrected chi connectivity index (χ0v) is 25.3. The van der Waals surface area contributed by atoms with Gasteiger partial charge in [0.2, 0.25) is 11.6 Å². The summed E-state index contributed by atoms with van der Waals surface area (Å²) in [6.45, 7) is 1.03. The number of azo groups is 2. The van der Waals surface area contributed by atoms with Crippen LogP contribution in [0.1, 0.15) is 32.4 Å². The Morgan fingerprint density at radius 2 is 1.21 bits per heavy atom. The van der Waals surface area contributed by atoms with Crippen LogP contribution in [-0.4, -0.2) is 70.4 Å². The topological polar surface area (TPSA) is 300 Å². The van der Waals surface area contributed by atoms with Crippen LogP contribution in [0.4, 0.5) is 11.4 Å². The number of aromatic nitrogens is 8. The van der Waals surface area contributed by atoms with Crippen molar-refractivity contribution in [1.82, 2.24) is 45.3 Å². The lowest BCUT2D eigenvalue weighted by Gasteiger charge is -2.02. The molecule has 0 atom stereocenters. The van der Waals surface area contributed by atoms with Gasteiger partial charge in [-0.1, -0.05) is 12.1 Å². The number of nitrogens with one attached hydrogen (secondary N) is 2. The number of ether oxygens (including phenoxy) is 1. The molecule has 0 saturated heterocycles. The Bertz CT molecular complexity index is 2390. The first-order valence-electron chi connectivity index (χ1n) is 13.6. The van der Waals surface area contributed by atoms with Crippen LogP contribution in [0, 0.1) is 0 Å². The quantitative estimate of drug-likeness (QED) is 0.171. The number of rotatable bonds is 4. The van der Waals surface area contributed by atoms with E-state index in [2.05, 4.69) is 55.3 Å². The van der Waals surface area contributed by atoms with E-state index >= 15 is 0 Å². The van der Waals surface area contributed by atoms with Crippen molar-refractivity contribution in [2.24, 2.45) is 26.2 Å². The number of nitrogens with zero attached hydrogens (tertiary/aromatic N) is 10. The summed E-state index contributed by atoms with van der Waals surface area (Å²) in [7, 11) is 2.23. The SMILES string of the molecule is CO.COC(=O)c1nc2nc(-c3ccc4c(c3)CN=N4)cc(=O)n2[nH]1.N.NC(=O)c1nc2nc(-c3ccc4c(c3)CN=N4)cc(=O)n2[nH]1. The molecular weight excluding hydrogens is 628 g/mol. The molecule has 2 aliphatic rings. The number of carbonyl (C=O) groups is 2. The lowest BCUT2D eigenvalue weighted by Crippen LogP contribution is -2.16. The van der Waals surface area contributed by atoms with Crippen LogP contribution in [0.5, 0.6) is 0 Å². The molecule has 2 aliphatic heterocycles.